The van der Waals surface area contributed by atoms with Crippen LogP contribution in [0.25, 0.3) is 0 Å². The Kier molecular flexibility index (Phi) is 72.5. The highest BCUT2D eigenvalue weighted by Crippen LogP contribution is 1.44. The minimum Gasteiger partial charge on any atom is -0.356 e. The van der Waals surface area contributed by atoms with E-state index in [0.717, 1.165) is 0 Å². The summed E-state index contributed by atoms with van der Waals surface area (Å²) in [6.45, 7) is 0. The van der Waals surface area contributed by atoms with Crippen molar-refractivity contribution in [2.75, 3.05) is 0 Å². The average Bonchev–Trinajstić information content (AvgIpc) is 1.75. The molecule has 0 saturated heterocycles. The van der Waals surface area contributed by atoms with Gasteiger partial charge in [0.15, 0.2) is 0 Å². The molecule has 0 radical (unpaired) electrons. The molecular weight excluding hydrogens is 118 g/mol. The van der Waals surface area contributed by atoms with E-state index in [4.69, 9.17) is 15.3 Å². The van der Waals surface area contributed by atoms with Crippen molar-refractivity contribution in [1.82, 2.24) is 0 Å². The Labute approximate surface area is 45.1 Å². The molecule has 0 aromatic heterocycles. The summed E-state index contributed by atoms with van der Waals surface area (Å²) in [5.74, 6) is 15.0. The molecule has 0 saturated carbocycles. The van der Waals surface area contributed by atoms with Gasteiger partial charge in [0.2, 0.25) is 0 Å². The van der Waals surface area contributed by atoms with Crippen LogP contribution < -0.4 is 23.4 Å². The maximum Gasteiger partial charge on any atom is 0.0689 e. The van der Waals surface area contributed by atoms with Crippen LogP contribution in [0.5, 0.6) is 0 Å². The predicted octanol–water partition coefficient (Wildman–Crippen LogP) is -3.32. The standard InChI is InChI=1S/2H4N2.NO3/c2*1-2;2-1(3)4/h2*1-2H2;/q;;-1/p+1. The fraction of sp³-hybridized carbons (Fsp3) is 0. The Balaban J connectivity index is -0.0000000542. The molecule has 52 valence electrons. The first kappa shape index (κ1) is 15.7. The molecule has 0 heterocycles. The number of hydrogen-bond acceptors (Lipinski definition) is 6. The number of nitrogens with two attached hydrogens (primary N) is 3. The Hall–Kier alpha value is -0.960. The SMILES string of the molecule is NN.N[NH3+].O=[N+]([O-])[O-]. The van der Waals surface area contributed by atoms with Crippen LogP contribution in [0.1, 0.15) is 0 Å². The Morgan fingerprint density at radius 2 is 1.25 bits per heavy atom. The topological polar surface area (TPSA) is 172 Å². The van der Waals surface area contributed by atoms with E-state index < -0.39 is 5.09 Å². The monoisotopic (exact) mass is 127 g/mol. The molecular formula is H9N5O3. The molecule has 0 aliphatic heterocycles. The summed E-state index contributed by atoms with van der Waals surface area (Å²) in [6.07, 6.45) is 0. The van der Waals surface area contributed by atoms with Crippen LogP contribution in [-0.4, -0.2) is 5.09 Å². The van der Waals surface area contributed by atoms with E-state index in [2.05, 4.69) is 23.4 Å². The van der Waals surface area contributed by atoms with Crippen LogP contribution in [0.3, 0.4) is 0 Å². The molecule has 0 aliphatic rings. The zero-order chi connectivity index (χ0) is 7.58. The van der Waals surface area contributed by atoms with Crippen molar-refractivity contribution in [3.8, 4) is 0 Å². The minimum absolute atomic E-state index is 1.75. The van der Waals surface area contributed by atoms with E-state index in [0.29, 0.717) is 0 Å². The third-order valence-electron chi connectivity index (χ3n) is 0. The maximum absolute atomic E-state index is 8.25. The number of rotatable bonds is 0. The normalized spacial score (nSPS) is 4.50. The summed E-state index contributed by atoms with van der Waals surface area (Å²) in [4.78, 5) is 8.25. The summed E-state index contributed by atoms with van der Waals surface area (Å²) in [5.41, 5.74) is 0. The van der Waals surface area contributed by atoms with Gasteiger partial charge in [0.05, 0.1) is 5.09 Å². The fourth-order valence-corrected chi connectivity index (χ4v) is 0. The van der Waals surface area contributed by atoms with Gasteiger partial charge in [0.1, 0.15) is 0 Å². The lowest BCUT2D eigenvalue weighted by Gasteiger charge is -1.74. The molecule has 0 fully saturated rings. The zero-order valence-electron chi connectivity index (χ0n) is 4.11. The van der Waals surface area contributed by atoms with Gasteiger partial charge in [-0.1, -0.05) is 0 Å². The molecule has 0 spiro atoms. The van der Waals surface area contributed by atoms with Gasteiger partial charge in [-0.05, 0) is 0 Å². The molecule has 8 nitrogen and oxygen atoms in total. The van der Waals surface area contributed by atoms with Crippen molar-refractivity contribution in [3.05, 3.63) is 15.3 Å². The van der Waals surface area contributed by atoms with Crippen LogP contribution in [0.15, 0.2) is 0 Å². The van der Waals surface area contributed by atoms with Crippen LogP contribution in [-0.2, 0) is 0 Å². The summed E-state index contributed by atoms with van der Waals surface area (Å²) >= 11 is 0. The van der Waals surface area contributed by atoms with E-state index >= 15 is 0 Å². The minimum atomic E-state index is -1.75. The molecule has 0 rings (SSSR count). The third-order valence-corrected chi connectivity index (χ3v) is 0. The van der Waals surface area contributed by atoms with E-state index in [9.17, 15) is 0 Å². The summed E-state index contributed by atoms with van der Waals surface area (Å²) < 4.78 is 0. The molecule has 0 bridgehead atoms. The lowest BCUT2D eigenvalue weighted by atomic mass is 13.0. The zero-order valence-corrected chi connectivity index (χ0v) is 4.11. The quantitative estimate of drug-likeness (QED) is 0.150. The highest BCUT2D eigenvalue weighted by atomic mass is 16.9. The third kappa shape index (κ3) is 89.3. The van der Waals surface area contributed by atoms with Gasteiger partial charge >= 0.3 is 0 Å². The number of nitrogens with zero attached hydrogens (tertiary/aromatic N) is 1. The first-order valence-electron chi connectivity index (χ1n) is 1.29. The molecule has 8 heteroatoms. The van der Waals surface area contributed by atoms with Gasteiger partial charge in [-0.25, -0.2) is 0 Å². The van der Waals surface area contributed by atoms with Gasteiger partial charge in [-0.3, -0.25) is 17.5 Å². The average molecular weight is 127 g/mol. The summed E-state index contributed by atoms with van der Waals surface area (Å²) in [7, 11) is 0. The fourth-order valence-electron chi connectivity index (χ4n) is 0. The summed E-state index contributed by atoms with van der Waals surface area (Å²) in [6, 6.07) is 0. The van der Waals surface area contributed by atoms with Crippen molar-refractivity contribution >= 4 is 0 Å². The number of hydrogen-bond donors (Lipinski definition) is 4. The molecule has 9 N–H and O–H groups in total. The van der Waals surface area contributed by atoms with E-state index in [-0.39, 0.29) is 0 Å². The Morgan fingerprint density at radius 3 is 1.25 bits per heavy atom. The molecule has 0 aliphatic carbocycles. The molecule has 0 unspecified atom stereocenters. The first-order valence-corrected chi connectivity index (χ1v) is 1.29. The van der Waals surface area contributed by atoms with Crippen molar-refractivity contribution in [3.63, 3.8) is 0 Å². The summed E-state index contributed by atoms with van der Waals surface area (Å²) in [5, 5.41) is 14.8. The van der Waals surface area contributed by atoms with Gasteiger partial charge < -0.3 is 15.3 Å². The Morgan fingerprint density at radius 1 is 1.25 bits per heavy atom. The lowest BCUT2D eigenvalue weighted by Crippen LogP contribution is -2.59. The maximum atomic E-state index is 8.25. The second-order valence-corrected chi connectivity index (χ2v) is 0.224. The van der Waals surface area contributed by atoms with Crippen molar-refractivity contribution in [1.29, 1.82) is 0 Å². The van der Waals surface area contributed by atoms with Crippen molar-refractivity contribution < 1.29 is 10.9 Å². The number of quaternary nitrogens is 1. The first-order chi connectivity index (χ1) is 3.73. The van der Waals surface area contributed by atoms with E-state index in [1.165, 1.54) is 0 Å². The molecule has 8 heavy (non-hydrogen) atoms. The molecule has 0 aromatic carbocycles. The second-order valence-electron chi connectivity index (χ2n) is 0.224. The molecule has 0 atom stereocenters. The molecule has 0 amide bonds. The van der Waals surface area contributed by atoms with Gasteiger partial charge in [0, 0.05) is 0 Å². The Bertz CT molecular complexity index is 30.7. The smallest absolute Gasteiger partial charge is 0.0689 e. The second kappa shape index (κ2) is 36.9. The largest absolute Gasteiger partial charge is 0.356 e. The van der Waals surface area contributed by atoms with Gasteiger partial charge in [-0.2, -0.15) is 5.84 Å². The highest BCUT2D eigenvalue weighted by molar-refractivity contribution is 4.03. The van der Waals surface area contributed by atoms with Crippen LogP contribution in [0, 0.1) is 15.3 Å². The van der Waals surface area contributed by atoms with Crippen LogP contribution in [0.2, 0.25) is 0 Å². The van der Waals surface area contributed by atoms with E-state index in [1.54, 1.807) is 0 Å². The van der Waals surface area contributed by atoms with Crippen molar-refractivity contribution in [2.45, 2.75) is 0 Å². The van der Waals surface area contributed by atoms with Crippen molar-refractivity contribution in [2.24, 2.45) is 17.5 Å². The van der Waals surface area contributed by atoms with Crippen LogP contribution >= 0.6 is 0 Å². The predicted molar refractivity (Wildman–Crippen MR) is 25.8 cm³/mol. The number of hydrazine groups is 1. The van der Waals surface area contributed by atoms with Crippen LogP contribution in [0.4, 0.5) is 0 Å². The molecule has 0 aromatic rings. The van der Waals surface area contributed by atoms with E-state index in [1.807, 2.05) is 0 Å². The lowest BCUT2D eigenvalue weighted by molar-refractivity contribution is -0.402. The highest BCUT2D eigenvalue weighted by Gasteiger charge is 1.45. The van der Waals surface area contributed by atoms with Gasteiger partial charge in [-0.15, -0.1) is 0 Å². The van der Waals surface area contributed by atoms with Gasteiger partial charge in [0.25, 0.3) is 0 Å².